The summed E-state index contributed by atoms with van der Waals surface area (Å²) in [6.07, 6.45) is 5.67. The molecule has 0 atom stereocenters. The van der Waals surface area contributed by atoms with Gasteiger partial charge < -0.3 is 0 Å². The lowest BCUT2D eigenvalue weighted by Gasteiger charge is -1.99. The average molecular weight is 158 g/mol. The van der Waals surface area contributed by atoms with E-state index in [1.54, 1.807) is 11.1 Å². The van der Waals surface area contributed by atoms with Crippen LogP contribution in [0.25, 0.3) is 0 Å². The first kappa shape index (κ1) is 6.71. The third kappa shape index (κ3) is 0.841. The van der Waals surface area contributed by atoms with Crippen molar-refractivity contribution in [3.05, 3.63) is 34.9 Å². The van der Waals surface area contributed by atoms with Crippen LogP contribution in [0.3, 0.4) is 0 Å². The van der Waals surface area contributed by atoms with Crippen LogP contribution in [0.15, 0.2) is 18.2 Å². The third-order valence-electron chi connectivity index (χ3n) is 3.45. The zero-order valence-electron chi connectivity index (χ0n) is 7.56. The van der Waals surface area contributed by atoms with Crippen molar-refractivity contribution in [2.45, 2.75) is 32.6 Å². The molecule has 62 valence electrons. The van der Waals surface area contributed by atoms with E-state index in [9.17, 15) is 0 Å². The van der Waals surface area contributed by atoms with Gasteiger partial charge in [-0.05, 0) is 49.1 Å². The van der Waals surface area contributed by atoms with E-state index in [1.165, 1.54) is 31.2 Å². The second-order valence-electron chi connectivity index (χ2n) is 4.63. The molecule has 0 heteroatoms. The maximum atomic E-state index is 2.38. The summed E-state index contributed by atoms with van der Waals surface area (Å²) < 4.78 is 0. The molecule has 0 nitrogen and oxygen atoms in total. The van der Waals surface area contributed by atoms with Crippen molar-refractivity contribution < 1.29 is 0 Å². The Bertz CT molecular complexity index is 332. The number of fused-ring (bicyclic) bond motifs is 1. The van der Waals surface area contributed by atoms with Crippen LogP contribution >= 0.6 is 0 Å². The van der Waals surface area contributed by atoms with E-state index in [0.29, 0.717) is 0 Å². The summed E-state index contributed by atoms with van der Waals surface area (Å²) in [6.45, 7) is 2.19. The molecule has 0 unspecified atom stereocenters. The topological polar surface area (TPSA) is 0 Å². The summed E-state index contributed by atoms with van der Waals surface area (Å²) in [6, 6.07) is 6.96. The van der Waals surface area contributed by atoms with Crippen molar-refractivity contribution in [1.82, 2.24) is 0 Å². The molecule has 0 radical (unpaired) electrons. The molecule has 0 amide bonds. The highest BCUT2D eigenvalue weighted by atomic mass is 14.5. The van der Waals surface area contributed by atoms with Crippen LogP contribution in [0, 0.1) is 12.3 Å². The highest BCUT2D eigenvalue weighted by Crippen LogP contribution is 2.55. The van der Waals surface area contributed by atoms with Crippen molar-refractivity contribution in [2.24, 2.45) is 5.41 Å². The van der Waals surface area contributed by atoms with E-state index in [-0.39, 0.29) is 0 Å². The maximum absolute atomic E-state index is 2.38. The number of hydrogen-bond donors (Lipinski definition) is 0. The van der Waals surface area contributed by atoms with Crippen molar-refractivity contribution in [3.8, 4) is 0 Å². The minimum Gasteiger partial charge on any atom is -0.0590 e. The summed E-state index contributed by atoms with van der Waals surface area (Å²) in [5, 5.41) is 0. The van der Waals surface area contributed by atoms with Crippen LogP contribution in [0.5, 0.6) is 0 Å². The fourth-order valence-electron chi connectivity index (χ4n) is 2.49. The van der Waals surface area contributed by atoms with Gasteiger partial charge in [0.15, 0.2) is 0 Å². The number of hydrogen-bond acceptors (Lipinski definition) is 0. The van der Waals surface area contributed by atoms with Gasteiger partial charge in [0.2, 0.25) is 0 Å². The second kappa shape index (κ2) is 1.93. The molecular weight excluding hydrogens is 144 g/mol. The van der Waals surface area contributed by atoms with Gasteiger partial charge in [-0.15, -0.1) is 0 Å². The number of rotatable bonds is 0. The Balaban J connectivity index is 2.07. The van der Waals surface area contributed by atoms with Crippen LogP contribution in [0.2, 0.25) is 0 Å². The summed E-state index contributed by atoms with van der Waals surface area (Å²) in [7, 11) is 0. The molecule has 1 aromatic rings. The third-order valence-corrected chi connectivity index (χ3v) is 3.45. The van der Waals surface area contributed by atoms with E-state index in [2.05, 4.69) is 25.1 Å². The fraction of sp³-hybridized carbons (Fsp3) is 0.500. The predicted molar refractivity (Wildman–Crippen MR) is 50.3 cm³/mol. The highest BCUT2D eigenvalue weighted by molar-refractivity contribution is 5.39. The predicted octanol–water partition coefficient (Wildman–Crippen LogP) is 2.87. The van der Waals surface area contributed by atoms with Crippen LogP contribution in [0.1, 0.15) is 29.5 Å². The molecule has 1 saturated carbocycles. The first-order chi connectivity index (χ1) is 5.77. The standard InChI is InChI=1S/C12H14/c1-9-2-3-10-7-12(4-5-12)8-11(10)6-9/h2-3,6H,4-5,7-8H2,1H3. The van der Waals surface area contributed by atoms with E-state index in [1.807, 2.05) is 0 Å². The molecule has 12 heavy (non-hydrogen) atoms. The molecule has 0 aromatic heterocycles. The van der Waals surface area contributed by atoms with Gasteiger partial charge in [-0.2, -0.15) is 0 Å². The zero-order valence-corrected chi connectivity index (χ0v) is 7.56. The SMILES string of the molecule is Cc1ccc2c(c1)CC1(CC1)C2. The summed E-state index contributed by atoms with van der Waals surface area (Å²) in [5.41, 5.74) is 5.42. The van der Waals surface area contributed by atoms with Crippen molar-refractivity contribution in [1.29, 1.82) is 0 Å². The Kier molecular flexibility index (Phi) is 1.08. The molecule has 1 aromatic carbocycles. The lowest BCUT2D eigenvalue weighted by atomic mass is 10.0. The molecule has 2 aliphatic rings. The number of benzene rings is 1. The molecule has 1 fully saturated rings. The van der Waals surface area contributed by atoms with Crippen molar-refractivity contribution in [3.63, 3.8) is 0 Å². The van der Waals surface area contributed by atoms with Gasteiger partial charge in [0.05, 0.1) is 0 Å². The van der Waals surface area contributed by atoms with Gasteiger partial charge in [-0.1, -0.05) is 23.8 Å². The zero-order chi connectivity index (χ0) is 8.18. The Morgan fingerprint density at radius 1 is 1.08 bits per heavy atom. The average Bonchev–Trinajstić information content (AvgIpc) is 2.63. The lowest BCUT2D eigenvalue weighted by Crippen LogP contribution is -1.96. The Morgan fingerprint density at radius 3 is 2.58 bits per heavy atom. The van der Waals surface area contributed by atoms with E-state index in [0.717, 1.165) is 5.41 Å². The first-order valence-corrected chi connectivity index (χ1v) is 4.86. The smallest absolute Gasteiger partial charge is 0.0216 e. The van der Waals surface area contributed by atoms with Crippen LogP contribution in [-0.2, 0) is 12.8 Å². The molecule has 0 heterocycles. The van der Waals surface area contributed by atoms with Gasteiger partial charge in [0.25, 0.3) is 0 Å². The molecular formula is C12H14. The maximum Gasteiger partial charge on any atom is -0.0216 e. The Morgan fingerprint density at radius 2 is 1.83 bits per heavy atom. The highest BCUT2D eigenvalue weighted by Gasteiger charge is 2.46. The number of aryl methyl sites for hydroxylation is 1. The van der Waals surface area contributed by atoms with Crippen LogP contribution < -0.4 is 0 Å². The van der Waals surface area contributed by atoms with Gasteiger partial charge in [0, 0.05) is 0 Å². The minimum atomic E-state index is 0.746. The molecule has 2 aliphatic carbocycles. The normalized spacial score (nSPS) is 22.8. The molecule has 0 aliphatic heterocycles. The lowest BCUT2D eigenvalue weighted by molar-refractivity contribution is 0.549. The second-order valence-corrected chi connectivity index (χ2v) is 4.63. The summed E-state index contributed by atoms with van der Waals surface area (Å²) in [5.74, 6) is 0. The van der Waals surface area contributed by atoms with Gasteiger partial charge in [-0.3, -0.25) is 0 Å². The largest absolute Gasteiger partial charge is 0.0590 e. The minimum absolute atomic E-state index is 0.746. The van der Waals surface area contributed by atoms with Crippen molar-refractivity contribution in [2.75, 3.05) is 0 Å². The van der Waals surface area contributed by atoms with Crippen molar-refractivity contribution >= 4 is 0 Å². The van der Waals surface area contributed by atoms with E-state index >= 15 is 0 Å². The Labute approximate surface area is 73.6 Å². The quantitative estimate of drug-likeness (QED) is 0.544. The molecule has 3 rings (SSSR count). The van der Waals surface area contributed by atoms with Crippen LogP contribution in [0.4, 0.5) is 0 Å². The summed E-state index contributed by atoms with van der Waals surface area (Å²) in [4.78, 5) is 0. The van der Waals surface area contributed by atoms with Gasteiger partial charge in [0.1, 0.15) is 0 Å². The van der Waals surface area contributed by atoms with Gasteiger partial charge >= 0.3 is 0 Å². The van der Waals surface area contributed by atoms with Crippen LogP contribution in [-0.4, -0.2) is 0 Å². The molecule has 0 saturated heterocycles. The summed E-state index contributed by atoms with van der Waals surface area (Å²) >= 11 is 0. The molecule has 0 N–H and O–H groups in total. The fourth-order valence-corrected chi connectivity index (χ4v) is 2.49. The molecule has 0 bridgehead atoms. The monoisotopic (exact) mass is 158 g/mol. The molecule has 1 spiro atoms. The first-order valence-electron chi connectivity index (χ1n) is 4.86. The Hall–Kier alpha value is -0.780. The van der Waals surface area contributed by atoms with E-state index < -0.39 is 0 Å². The van der Waals surface area contributed by atoms with Gasteiger partial charge in [-0.25, -0.2) is 0 Å². The van der Waals surface area contributed by atoms with E-state index in [4.69, 9.17) is 0 Å².